The molecule has 1 aromatic carbocycles. The highest BCUT2D eigenvalue weighted by Gasteiger charge is 2.10. The topological polar surface area (TPSA) is 76.1 Å². The molecule has 0 aliphatic rings. The molecule has 1 amide bonds. The van der Waals surface area contributed by atoms with Crippen LogP contribution in [0.1, 0.15) is 41.6 Å². The molecule has 0 unspecified atom stereocenters. The Kier molecular flexibility index (Phi) is 6.54. The minimum absolute atomic E-state index is 0.172. The lowest BCUT2D eigenvalue weighted by molar-refractivity contribution is 0.0948. The molecular weight excluding hydrogens is 304 g/mol. The lowest BCUT2D eigenvalue weighted by Crippen LogP contribution is -2.25. The molecule has 2 aromatic rings. The van der Waals surface area contributed by atoms with Crippen molar-refractivity contribution in [1.29, 1.82) is 0 Å². The first-order valence-corrected chi connectivity index (χ1v) is 8.13. The van der Waals surface area contributed by atoms with E-state index in [1.807, 2.05) is 24.3 Å². The highest BCUT2D eigenvalue weighted by atomic mass is 16.5. The lowest BCUT2D eigenvalue weighted by atomic mass is 10.2. The summed E-state index contributed by atoms with van der Waals surface area (Å²) in [5.74, 6) is 1.82. The van der Waals surface area contributed by atoms with Gasteiger partial charge in [0.1, 0.15) is 23.1 Å². The summed E-state index contributed by atoms with van der Waals surface area (Å²) in [5, 5.41) is 6.10. The van der Waals surface area contributed by atoms with Gasteiger partial charge in [-0.3, -0.25) is 4.79 Å². The number of hydrogen-bond acceptors (Lipinski definition) is 5. The average Bonchev–Trinajstić information content (AvgIpc) is 2.59. The summed E-state index contributed by atoms with van der Waals surface area (Å²) in [6, 6.07) is 9.45. The van der Waals surface area contributed by atoms with Crippen LogP contribution in [0.4, 0.5) is 5.82 Å². The monoisotopic (exact) mass is 328 g/mol. The molecule has 0 aliphatic heterocycles. The van der Waals surface area contributed by atoms with Gasteiger partial charge in [-0.25, -0.2) is 9.97 Å². The van der Waals surface area contributed by atoms with Crippen molar-refractivity contribution in [3.8, 4) is 5.75 Å². The van der Waals surface area contributed by atoms with Gasteiger partial charge in [0.15, 0.2) is 0 Å². The second kappa shape index (κ2) is 8.86. The van der Waals surface area contributed by atoms with Gasteiger partial charge < -0.3 is 15.4 Å². The number of unbranched alkanes of at least 4 members (excludes halogenated alkanes) is 1. The first-order valence-electron chi connectivity index (χ1n) is 8.13. The molecule has 0 aliphatic carbocycles. The molecule has 1 aromatic heterocycles. The maximum atomic E-state index is 12.1. The van der Waals surface area contributed by atoms with Gasteiger partial charge in [-0.1, -0.05) is 31.5 Å². The molecule has 0 saturated heterocycles. The van der Waals surface area contributed by atoms with E-state index in [-0.39, 0.29) is 5.91 Å². The van der Waals surface area contributed by atoms with E-state index in [4.69, 9.17) is 4.74 Å². The number of carbonyl (C=O) groups is 1. The first kappa shape index (κ1) is 17.7. The van der Waals surface area contributed by atoms with Crippen LogP contribution in [0.15, 0.2) is 30.3 Å². The average molecular weight is 328 g/mol. The van der Waals surface area contributed by atoms with Crippen molar-refractivity contribution in [3.63, 3.8) is 0 Å². The molecule has 0 saturated carbocycles. The number of amides is 1. The van der Waals surface area contributed by atoms with E-state index < -0.39 is 0 Å². The first-order chi connectivity index (χ1) is 11.6. The van der Waals surface area contributed by atoms with Crippen molar-refractivity contribution in [2.45, 2.75) is 33.2 Å². The van der Waals surface area contributed by atoms with Gasteiger partial charge in [-0.05, 0) is 19.4 Å². The van der Waals surface area contributed by atoms with E-state index in [0.29, 0.717) is 30.4 Å². The third-order valence-electron chi connectivity index (χ3n) is 3.54. The van der Waals surface area contributed by atoms with E-state index in [9.17, 15) is 4.79 Å². The van der Waals surface area contributed by atoms with E-state index in [1.165, 1.54) is 0 Å². The molecule has 0 radical (unpaired) electrons. The molecule has 0 atom stereocenters. The molecule has 128 valence electrons. The summed E-state index contributed by atoms with van der Waals surface area (Å²) in [6.45, 7) is 5.07. The van der Waals surface area contributed by atoms with Crippen molar-refractivity contribution < 1.29 is 9.53 Å². The van der Waals surface area contributed by atoms with Crippen molar-refractivity contribution in [2.24, 2.45) is 0 Å². The van der Waals surface area contributed by atoms with Crippen molar-refractivity contribution in [3.05, 3.63) is 47.4 Å². The summed E-state index contributed by atoms with van der Waals surface area (Å²) in [6.07, 6.45) is 1.99. The number of aromatic nitrogens is 2. The Hall–Kier alpha value is -2.63. The molecule has 0 spiro atoms. The van der Waals surface area contributed by atoms with E-state index in [1.54, 1.807) is 20.1 Å². The van der Waals surface area contributed by atoms with Crippen molar-refractivity contribution >= 4 is 11.7 Å². The summed E-state index contributed by atoms with van der Waals surface area (Å²) < 4.78 is 5.34. The third kappa shape index (κ3) is 4.94. The zero-order chi connectivity index (χ0) is 17.4. The summed E-state index contributed by atoms with van der Waals surface area (Å²) in [5.41, 5.74) is 1.39. The number of para-hydroxylation sites is 1. The van der Waals surface area contributed by atoms with E-state index in [2.05, 4.69) is 27.5 Å². The summed E-state index contributed by atoms with van der Waals surface area (Å²) >= 11 is 0. The fourth-order valence-corrected chi connectivity index (χ4v) is 2.28. The Morgan fingerprint density at radius 3 is 2.79 bits per heavy atom. The molecule has 24 heavy (non-hydrogen) atoms. The largest absolute Gasteiger partial charge is 0.496 e. The zero-order valence-corrected chi connectivity index (χ0v) is 14.4. The van der Waals surface area contributed by atoms with Crippen molar-refractivity contribution in [2.75, 3.05) is 19.0 Å². The number of nitrogens with zero attached hydrogens (tertiary/aromatic N) is 2. The standard InChI is InChI=1S/C18H24N4O2/c1-4-5-10-19-18(23)15-11-17(22-13(2)21-15)20-12-14-8-6-7-9-16(14)24-3/h6-9,11H,4-5,10,12H2,1-3H3,(H,19,23)(H,20,21,22). The van der Waals surface area contributed by atoms with Gasteiger partial charge in [-0.15, -0.1) is 0 Å². The van der Waals surface area contributed by atoms with Crippen LogP contribution in [-0.4, -0.2) is 29.5 Å². The third-order valence-corrected chi connectivity index (χ3v) is 3.54. The molecule has 2 N–H and O–H groups in total. The predicted octanol–water partition coefficient (Wildman–Crippen LogP) is 2.94. The van der Waals surface area contributed by atoms with Gasteiger partial charge in [-0.2, -0.15) is 0 Å². The molecule has 0 fully saturated rings. The highest BCUT2D eigenvalue weighted by Crippen LogP contribution is 2.18. The second-order valence-electron chi connectivity index (χ2n) is 5.46. The number of anilines is 1. The number of carbonyl (C=O) groups excluding carboxylic acids is 1. The maximum absolute atomic E-state index is 12.1. The van der Waals surface area contributed by atoms with Crippen LogP contribution >= 0.6 is 0 Å². The quantitative estimate of drug-likeness (QED) is 0.729. The number of ether oxygens (including phenoxy) is 1. The summed E-state index contributed by atoms with van der Waals surface area (Å²) in [7, 11) is 1.65. The van der Waals surface area contributed by atoms with Crippen LogP contribution in [0, 0.1) is 6.92 Å². The number of rotatable bonds is 8. The zero-order valence-electron chi connectivity index (χ0n) is 14.4. The van der Waals surface area contributed by atoms with E-state index >= 15 is 0 Å². The molecule has 0 bridgehead atoms. The van der Waals surface area contributed by atoms with Crippen LogP contribution in [-0.2, 0) is 6.54 Å². The van der Waals surface area contributed by atoms with Crippen LogP contribution in [0.2, 0.25) is 0 Å². The maximum Gasteiger partial charge on any atom is 0.270 e. The normalized spacial score (nSPS) is 10.3. The Labute approximate surface area is 142 Å². The number of hydrogen-bond donors (Lipinski definition) is 2. The van der Waals surface area contributed by atoms with Gasteiger partial charge >= 0.3 is 0 Å². The Bertz CT molecular complexity index is 688. The SMILES string of the molecule is CCCCNC(=O)c1cc(NCc2ccccc2OC)nc(C)n1. The Morgan fingerprint density at radius 1 is 1.25 bits per heavy atom. The van der Waals surface area contributed by atoms with Crippen LogP contribution in [0.5, 0.6) is 5.75 Å². The molecular formula is C18H24N4O2. The molecule has 6 nitrogen and oxygen atoms in total. The van der Waals surface area contributed by atoms with E-state index in [0.717, 1.165) is 24.2 Å². The smallest absolute Gasteiger partial charge is 0.270 e. The molecule has 6 heteroatoms. The van der Waals surface area contributed by atoms with Gasteiger partial charge in [0, 0.05) is 24.7 Å². The van der Waals surface area contributed by atoms with Gasteiger partial charge in [0.25, 0.3) is 5.91 Å². The Morgan fingerprint density at radius 2 is 2.04 bits per heavy atom. The van der Waals surface area contributed by atoms with Gasteiger partial charge in [0.05, 0.1) is 7.11 Å². The van der Waals surface area contributed by atoms with Crippen LogP contribution in [0.3, 0.4) is 0 Å². The highest BCUT2D eigenvalue weighted by molar-refractivity contribution is 5.92. The fourth-order valence-electron chi connectivity index (χ4n) is 2.28. The minimum atomic E-state index is -0.172. The van der Waals surface area contributed by atoms with Crippen LogP contribution < -0.4 is 15.4 Å². The van der Waals surface area contributed by atoms with Crippen LogP contribution in [0.25, 0.3) is 0 Å². The minimum Gasteiger partial charge on any atom is -0.496 e. The van der Waals surface area contributed by atoms with Gasteiger partial charge in [0.2, 0.25) is 0 Å². The van der Waals surface area contributed by atoms with Crippen molar-refractivity contribution in [1.82, 2.24) is 15.3 Å². The Balaban J connectivity index is 2.06. The lowest BCUT2D eigenvalue weighted by Gasteiger charge is -2.11. The fraction of sp³-hybridized carbons (Fsp3) is 0.389. The number of methoxy groups -OCH3 is 1. The molecule has 2 rings (SSSR count). The number of benzene rings is 1. The predicted molar refractivity (Wildman–Crippen MR) is 94.3 cm³/mol. The number of nitrogens with one attached hydrogen (secondary N) is 2. The molecule has 1 heterocycles. The number of aryl methyl sites for hydroxylation is 1. The summed E-state index contributed by atoms with van der Waals surface area (Å²) in [4.78, 5) is 20.7. The second-order valence-corrected chi connectivity index (χ2v) is 5.46.